The van der Waals surface area contributed by atoms with Gasteiger partial charge < -0.3 is 5.11 Å². The molecule has 0 bridgehead atoms. The Hall–Kier alpha value is -0.630. The first-order valence-electron chi connectivity index (χ1n) is 4.62. The highest BCUT2D eigenvalue weighted by Gasteiger charge is 2.76. The Morgan fingerprint density at radius 3 is 3.08 bits per heavy atom. The number of hydrogen-bond acceptors (Lipinski definition) is 2. The van der Waals surface area contributed by atoms with Crippen LogP contribution in [-0.4, -0.2) is 17.0 Å². The maximum atomic E-state index is 11.6. The molecule has 0 unspecified atom stereocenters. The van der Waals surface area contributed by atoms with Gasteiger partial charge in [0.25, 0.3) is 0 Å². The van der Waals surface area contributed by atoms with Crippen LogP contribution in [0.3, 0.4) is 0 Å². The second-order valence-corrected chi connectivity index (χ2v) is 4.44. The standard InChI is InChI=1S/C10H12O2/c11-7-2-3-8(12)10-5-1-4-9(7,10)6-10/h2-3,7,11H,1,4-6H2/t7-,9-,10-/m0/s1. The lowest BCUT2D eigenvalue weighted by Crippen LogP contribution is -2.30. The first-order chi connectivity index (χ1) is 5.71. The number of allylic oxidation sites excluding steroid dienone is 1. The normalized spacial score (nSPS) is 55.1. The van der Waals surface area contributed by atoms with E-state index in [1.807, 2.05) is 0 Å². The maximum Gasteiger partial charge on any atom is 0.162 e. The van der Waals surface area contributed by atoms with E-state index in [0.717, 1.165) is 25.7 Å². The molecule has 3 rings (SSSR count). The quantitative estimate of drug-likeness (QED) is 0.581. The summed E-state index contributed by atoms with van der Waals surface area (Å²) >= 11 is 0. The highest BCUT2D eigenvalue weighted by Crippen LogP contribution is 2.76. The number of ketones is 1. The second kappa shape index (κ2) is 1.67. The van der Waals surface area contributed by atoms with Gasteiger partial charge in [-0.1, -0.05) is 12.5 Å². The summed E-state index contributed by atoms with van der Waals surface area (Å²) in [6.07, 6.45) is 7.02. The number of hydrogen-bond donors (Lipinski definition) is 1. The van der Waals surface area contributed by atoms with Gasteiger partial charge in [0.15, 0.2) is 5.78 Å². The molecule has 0 saturated heterocycles. The Morgan fingerprint density at radius 1 is 1.50 bits per heavy atom. The molecule has 12 heavy (non-hydrogen) atoms. The lowest BCUT2D eigenvalue weighted by atomic mass is 9.83. The summed E-state index contributed by atoms with van der Waals surface area (Å²) in [7, 11) is 0. The van der Waals surface area contributed by atoms with Gasteiger partial charge in [0.05, 0.1) is 6.10 Å². The predicted octanol–water partition coefficient (Wildman–Crippen LogP) is 1.05. The molecular weight excluding hydrogens is 152 g/mol. The van der Waals surface area contributed by atoms with Gasteiger partial charge in [0, 0.05) is 10.8 Å². The molecular formula is C10H12O2. The van der Waals surface area contributed by atoms with Crippen LogP contribution in [0.1, 0.15) is 25.7 Å². The average molecular weight is 164 g/mol. The largest absolute Gasteiger partial charge is 0.388 e. The second-order valence-electron chi connectivity index (χ2n) is 4.44. The van der Waals surface area contributed by atoms with Crippen LogP contribution in [0.2, 0.25) is 0 Å². The van der Waals surface area contributed by atoms with E-state index < -0.39 is 0 Å². The Morgan fingerprint density at radius 2 is 2.33 bits per heavy atom. The molecule has 3 atom stereocenters. The minimum Gasteiger partial charge on any atom is -0.388 e. The Balaban J connectivity index is 2.13. The summed E-state index contributed by atoms with van der Waals surface area (Å²) in [5.74, 6) is 0.269. The Bertz CT molecular complexity index is 294. The Kier molecular flexibility index (Phi) is 0.950. The molecule has 2 heteroatoms. The van der Waals surface area contributed by atoms with E-state index in [0.29, 0.717) is 0 Å². The molecule has 2 fully saturated rings. The minimum atomic E-state index is -0.349. The third-order valence-corrected chi connectivity index (χ3v) is 4.14. The summed E-state index contributed by atoms with van der Waals surface area (Å²) in [4.78, 5) is 11.6. The minimum absolute atomic E-state index is 0.0150. The van der Waals surface area contributed by atoms with Gasteiger partial charge in [0.1, 0.15) is 0 Å². The molecule has 0 radical (unpaired) electrons. The molecule has 0 aromatic heterocycles. The highest BCUT2D eigenvalue weighted by atomic mass is 16.3. The third kappa shape index (κ3) is 0.470. The molecule has 2 nitrogen and oxygen atoms in total. The zero-order chi connectivity index (χ0) is 8.40. The molecule has 2 saturated carbocycles. The summed E-state index contributed by atoms with van der Waals surface area (Å²) in [5, 5.41) is 9.75. The molecule has 1 N–H and O–H groups in total. The van der Waals surface area contributed by atoms with E-state index >= 15 is 0 Å². The van der Waals surface area contributed by atoms with Crippen LogP contribution in [0.4, 0.5) is 0 Å². The number of aliphatic hydroxyl groups excluding tert-OH is 1. The van der Waals surface area contributed by atoms with Crippen LogP contribution in [-0.2, 0) is 4.79 Å². The molecule has 0 heterocycles. The van der Waals surface area contributed by atoms with Gasteiger partial charge in [-0.2, -0.15) is 0 Å². The first kappa shape index (κ1) is 6.84. The average Bonchev–Trinajstić information content (AvgIpc) is 2.61. The monoisotopic (exact) mass is 164 g/mol. The molecule has 0 aliphatic heterocycles. The van der Waals surface area contributed by atoms with Gasteiger partial charge in [-0.25, -0.2) is 0 Å². The fourth-order valence-corrected chi connectivity index (χ4v) is 3.38. The number of rotatable bonds is 0. The summed E-state index contributed by atoms with van der Waals surface area (Å²) in [6.45, 7) is 0. The van der Waals surface area contributed by atoms with Crippen molar-refractivity contribution in [1.29, 1.82) is 0 Å². The van der Waals surface area contributed by atoms with Crippen molar-refractivity contribution in [3.63, 3.8) is 0 Å². The first-order valence-corrected chi connectivity index (χ1v) is 4.62. The third-order valence-electron chi connectivity index (χ3n) is 4.14. The van der Waals surface area contributed by atoms with Crippen molar-refractivity contribution in [2.75, 3.05) is 0 Å². The lowest BCUT2D eigenvalue weighted by Gasteiger charge is -2.23. The zero-order valence-corrected chi connectivity index (χ0v) is 6.92. The summed E-state index contributed by atoms with van der Waals surface area (Å²) < 4.78 is 0. The van der Waals surface area contributed by atoms with Gasteiger partial charge in [-0.3, -0.25) is 4.79 Å². The molecule has 64 valence electrons. The molecule has 0 amide bonds. The fourth-order valence-electron chi connectivity index (χ4n) is 3.38. The number of carbonyl (C=O) groups excluding carboxylic acids is 1. The van der Waals surface area contributed by atoms with Crippen molar-refractivity contribution >= 4 is 5.78 Å². The van der Waals surface area contributed by atoms with Crippen LogP contribution >= 0.6 is 0 Å². The zero-order valence-electron chi connectivity index (χ0n) is 6.92. The smallest absolute Gasteiger partial charge is 0.162 e. The van der Waals surface area contributed by atoms with Crippen LogP contribution in [0.5, 0.6) is 0 Å². The fraction of sp³-hybridized carbons (Fsp3) is 0.700. The van der Waals surface area contributed by atoms with Crippen molar-refractivity contribution < 1.29 is 9.90 Å². The van der Waals surface area contributed by atoms with Crippen molar-refractivity contribution in [3.8, 4) is 0 Å². The van der Waals surface area contributed by atoms with Crippen molar-refractivity contribution in [1.82, 2.24) is 0 Å². The van der Waals surface area contributed by atoms with Gasteiger partial charge in [-0.15, -0.1) is 0 Å². The molecule has 3 aliphatic carbocycles. The van der Waals surface area contributed by atoms with Crippen molar-refractivity contribution in [2.45, 2.75) is 31.8 Å². The molecule has 0 spiro atoms. The van der Waals surface area contributed by atoms with Crippen LogP contribution in [0.25, 0.3) is 0 Å². The molecule has 0 aromatic rings. The predicted molar refractivity (Wildman–Crippen MR) is 43.5 cm³/mol. The number of carbonyl (C=O) groups is 1. The van der Waals surface area contributed by atoms with Crippen molar-refractivity contribution in [2.24, 2.45) is 10.8 Å². The lowest BCUT2D eigenvalue weighted by molar-refractivity contribution is -0.121. The summed E-state index contributed by atoms with van der Waals surface area (Å²) in [5.41, 5.74) is -0.125. The van der Waals surface area contributed by atoms with E-state index in [-0.39, 0.29) is 22.7 Å². The van der Waals surface area contributed by atoms with E-state index in [1.54, 1.807) is 12.2 Å². The van der Waals surface area contributed by atoms with E-state index in [4.69, 9.17) is 0 Å². The van der Waals surface area contributed by atoms with Gasteiger partial charge in [0.2, 0.25) is 0 Å². The SMILES string of the molecule is O=C1C=C[C@H](O)[C@@]23CCC[C@]12C3. The van der Waals surface area contributed by atoms with E-state index in [9.17, 15) is 9.90 Å². The van der Waals surface area contributed by atoms with Gasteiger partial charge in [-0.05, 0) is 25.3 Å². The van der Waals surface area contributed by atoms with Crippen LogP contribution in [0, 0.1) is 10.8 Å². The van der Waals surface area contributed by atoms with Gasteiger partial charge >= 0.3 is 0 Å². The molecule has 3 aliphatic rings. The van der Waals surface area contributed by atoms with Crippen LogP contribution in [0.15, 0.2) is 12.2 Å². The molecule has 0 aromatic carbocycles. The van der Waals surface area contributed by atoms with E-state index in [2.05, 4.69) is 0 Å². The topological polar surface area (TPSA) is 37.3 Å². The highest BCUT2D eigenvalue weighted by molar-refractivity contribution is 6.00. The van der Waals surface area contributed by atoms with Crippen LogP contribution < -0.4 is 0 Å². The summed E-state index contributed by atoms with van der Waals surface area (Å²) in [6, 6.07) is 0. The Labute approximate surface area is 71.3 Å². The van der Waals surface area contributed by atoms with E-state index in [1.165, 1.54) is 0 Å². The van der Waals surface area contributed by atoms with Crippen molar-refractivity contribution in [3.05, 3.63) is 12.2 Å². The number of aliphatic hydroxyl groups is 1. The maximum absolute atomic E-state index is 11.6.